The van der Waals surface area contributed by atoms with Crippen LogP contribution in [-0.4, -0.2) is 32.4 Å². The van der Waals surface area contributed by atoms with E-state index < -0.39 is 0 Å². The smallest absolute Gasteiger partial charge is 0.0542 e. The van der Waals surface area contributed by atoms with E-state index in [1.165, 1.54) is 109 Å². The summed E-state index contributed by atoms with van der Waals surface area (Å²) in [5.41, 5.74) is 23.0. The maximum absolute atomic E-state index is 3.85. The van der Waals surface area contributed by atoms with Crippen molar-refractivity contribution in [1.29, 1.82) is 0 Å². The van der Waals surface area contributed by atoms with Crippen LogP contribution in [-0.2, 0) is 0 Å². The Labute approximate surface area is 519 Å². The average Bonchev–Trinajstić information content (AvgIpc) is 1.61. The number of nitrogens with one attached hydrogen (secondary N) is 1. The Balaban J connectivity index is 0.779. The fraction of sp³-hybridized carbons (Fsp3) is 0. The molecule has 7 heterocycles. The summed E-state index contributed by atoms with van der Waals surface area (Å²) in [6.45, 7) is 0. The maximum atomic E-state index is 3.85. The lowest BCUT2D eigenvalue weighted by molar-refractivity contribution is 1.16. The van der Waals surface area contributed by atoms with Crippen molar-refractivity contribution >= 4 is 153 Å². The van der Waals surface area contributed by atoms with Gasteiger partial charge < -0.3 is 32.4 Å². The van der Waals surface area contributed by atoms with Crippen LogP contribution in [0.4, 0.5) is 0 Å². The highest BCUT2D eigenvalue weighted by Gasteiger charge is 2.23. The summed E-state index contributed by atoms with van der Waals surface area (Å²) in [5, 5.41) is 17.1. The van der Waals surface area contributed by atoms with Gasteiger partial charge in [-0.15, -0.1) is 0 Å². The van der Waals surface area contributed by atoms with Gasteiger partial charge in [-0.05, 0) is 158 Å². The first-order chi connectivity index (χ1) is 45.1. The summed E-state index contributed by atoms with van der Waals surface area (Å²) in [7, 11) is 0. The molecule has 0 atom stereocenters. The summed E-state index contributed by atoms with van der Waals surface area (Å²) in [4.78, 5) is 3.85. The Morgan fingerprint density at radius 1 is 0.143 bits per heavy atom. The largest absolute Gasteiger partial charge is 0.355 e. The van der Waals surface area contributed by atoms with Crippen LogP contribution < -0.4 is 0 Å². The number of aromatic amines is 1. The Kier molecular flexibility index (Phi) is 9.72. The predicted molar refractivity (Wildman–Crippen MR) is 382 cm³/mol. The van der Waals surface area contributed by atoms with Gasteiger partial charge in [-0.25, -0.2) is 0 Å². The third kappa shape index (κ3) is 6.70. The molecule has 14 aromatic carbocycles. The number of nitrogens with zero attached hydrogens (tertiary/aromatic N) is 6. The zero-order valence-electron chi connectivity index (χ0n) is 49.1. The Morgan fingerprint density at radius 2 is 0.308 bits per heavy atom. The van der Waals surface area contributed by atoms with Crippen LogP contribution in [0.15, 0.2) is 303 Å². The molecule has 0 spiro atoms. The third-order valence-electron chi connectivity index (χ3n) is 19.9. The van der Waals surface area contributed by atoms with E-state index in [4.69, 9.17) is 0 Å². The quantitative estimate of drug-likeness (QED) is 0.172. The molecule has 7 nitrogen and oxygen atoms in total. The summed E-state index contributed by atoms with van der Waals surface area (Å²) >= 11 is 0. The minimum Gasteiger partial charge on any atom is -0.355 e. The number of rotatable bonds is 6. The molecule has 0 unspecified atom stereocenters. The molecule has 1 N–H and O–H groups in total. The highest BCUT2D eigenvalue weighted by atomic mass is 15.0. The van der Waals surface area contributed by atoms with Crippen LogP contribution >= 0.6 is 0 Å². The van der Waals surface area contributed by atoms with Gasteiger partial charge in [0.1, 0.15) is 0 Å². The molecule has 91 heavy (non-hydrogen) atoms. The molecule has 0 aliphatic heterocycles. The molecular weight excluding hydrogens is 1110 g/mol. The van der Waals surface area contributed by atoms with Gasteiger partial charge in [0, 0.05) is 121 Å². The molecule has 0 aliphatic carbocycles. The molecule has 0 saturated heterocycles. The van der Waals surface area contributed by atoms with Crippen LogP contribution in [0.2, 0.25) is 0 Å². The number of fused-ring (bicyclic) bond motifs is 21. The van der Waals surface area contributed by atoms with Crippen molar-refractivity contribution in [1.82, 2.24) is 32.4 Å². The second-order valence-electron chi connectivity index (χ2n) is 24.5. The van der Waals surface area contributed by atoms with E-state index >= 15 is 0 Å². The van der Waals surface area contributed by atoms with Gasteiger partial charge >= 0.3 is 0 Å². The number of aromatic nitrogens is 7. The number of hydrogen-bond acceptors (Lipinski definition) is 0. The Morgan fingerprint density at radius 3 is 0.516 bits per heavy atom. The third-order valence-corrected chi connectivity index (χ3v) is 19.9. The summed E-state index contributed by atoms with van der Waals surface area (Å²) in [6, 6.07) is 113. The molecule has 0 saturated carbocycles. The Bertz CT molecular complexity index is 5760. The molecule has 0 amide bonds. The summed E-state index contributed by atoms with van der Waals surface area (Å²) in [5.74, 6) is 0. The topological polar surface area (TPSA) is 45.4 Å². The molecule has 21 aromatic rings. The highest BCUT2D eigenvalue weighted by Crippen LogP contribution is 2.44. The fourth-order valence-electron chi connectivity index (χ4n) is 16.1. The van der Waals surface area contributed by atoms with Crippen LogP contribution in [0.25, 0.3) is 187 Å². The van der Waals surface area contributed by atoms with Crippen molar-refractivity contribution in [3.05, 3.63) is 303 Å². The number of para-hydroxylation sites is 8. The first kappa shape index (κ1) is 48.8. The molecule has 0 radical (unpaired) electrons. The van der Waals surface area contributed by atoms with Crippen LogP contribution in [0.5, 0.6) is 0 Å². The number of hydrogen-bond donors (Lipinski definition) is 1. The monoisotopic (exact) mass is 1160 g/mol. The molecular formula is C84H51N7. The van der Waals surface area contributed by atoms with Crippen molar-refractivity contribution in [3.63, 3.8) is 0 Å². The molecule has 0 fully saturated rings. The lowest BCUT2D eigenvalue weighted by Crippen LogP contribution is -1.96. The minimum absolute atomic E-state index is 1.09. The zero-order chi connectivity index (χ0) is 59.2. The second kappa shape index (κ2) is 18.1. The van der Waals surface area contributed by atoms with Crippen LogP contribution in [0, 0.1) is 0 Å². The second-order valence-corrected chi connectivity index (χ2v) is 24.5. The van der Waals surface area contributed by atoms with E-state index in [0.717, 1.165) is 78.0 Å². The standard InChI is InChI=1S/C84H51N7/c1-9-25-73-57(17-1)58-18-2-10-26-74(58)86(73)53-35-41-81-67(47-53)68-48-54(87-75-27-11-3-19-59(75)60-20-4-12-28-76(60)87)36-42-82(68)90(81)51-33-39-71-65(45-51)66-46-52(34-40-72(66)85-71)91-83-43-37-55(88-77-29-13-5-21-61(77)62-22-6-14-30-78(62)88)49-69(83)70-50-56(38-44-84(70)91)89-79-31-15-7-23-63(79)64-24-8-16-32-80(64)89/h1-50,85H. The fourth-order valence-corrected chi connectivity index (χ4v) is 16.1. The van der Waals surface area contributed by atoms with Crippen molar-refractivity contribution in [2.24, 2.45) is 0 Å². The van der Waals surface area contributed by atoms with E-state index in [9.17, 15) is 0 Å². The van der Waals surface area contributed by atoms with Crippen LogP contribution in [0.3, 0.4) is 0 Å². The van der Waals surface area contributed by atoms with Crippen molar-refractivity contribution in [2.75, 3.05) is 0 Å². The van der Waals surface area contributed by atoms with E-state index in [1.54, 1.807) is 0 Å². The van der Waals surface area contributed by atoms with E-state index in [0.29, 0.717) is 0 Å². The van der Waals surface area contributed by atoms with Crippen molar-refractivity contribution in [2.45, 2.75) is 0 Å². The van der Waals surface area contributed by atoms with E-state index in [1.807, 2.05) is 0 Å². The van der Waals surface area contributed by atoms with Gasteiger partial charge in [0.2, 0.25) is 0 Å². The van der Waals surface area contributed by atoms with Gasteiger partial charge in [0.05, 0.1) is 66.2 Å². The summed E-state index contributed by atoms with van der Waals surface area (Å²) in [6.07, 6.45) is 0. The molecule has 0 bridgehead atoms. The first-order valence-corrected chi connectivity index (χ1v) is 31.3. The van der Waals surface area contributed by atoms with Gasteiger partial charge in [-0.2, -0.15) is 0 Å². The SMILES string of the molecule is c1ccc2c(c1)c1ccccc1n2-c1ccc2c(c1)c1cc(-n3c4ccccc4c4ccccc43)ccc1n2-c1ccc2[nH]c3ccc(-n4c5ccc(-n6c7ccccc7c7ccccc76)cc5c5cc(-n6c7ccccc7c7ccccc76)ccc54)cc3c2c1. The lowest BCUT2D eigenvalue weighted by Gasteiger charge is -2.12. The van der Waals surface area contributed by atoms with E-state index in [-0.39, 0.29) is 0 Å². The van der Waals surface area contributed by atoms with Gasteiger partial charge in [-0.3, -0.25) is 0 Å². The van der Waals surface area contributed by atoms with Gasteiger partial charge in [0.25, 0.3) is 0 Å². The molecule has 7 aromatic heterocycles. The minimum atomic E-state index is 1.09. The Hall–Kier alpha value is -12.3. The maximum Gasteiger partial charge on any atom is 0.0542 e. The van der Waals surface area contributed by atoms with Crippen molar-refractivity contribution in [3.8, 4) is 34.1 Å². The molecule has 0 aliphatic rings. The van der Waals surface area contributed by atoms with Gasteiger partial charge in [-0.1, -0.05) is 146 Å². The normalized spacial score (nSPS) is 12.4. The van der Waals surface area contributed by atoms with Gasteiger partial charge in [0.15, 0.2) is 0 Å². The molecule has 7 heteroatoms. The van der Waals surface area contributed by atoms with Crippen molar-refractivity contribution < 1.29 is 0 Å². The zero-order valence-corrected chi connectivity index (χ0v) is 49.1. The number of H-pyrrole nitrogens is 1. The lowest BCUT2D eigenvalue weighted by atomic mass is 10.1. The number of benzene rings is 14. The van der Waals surface area contributed by atoms with Crippen LogP contribution in [0.1, 0.15) is 0 Å². The van der Waals surface area contributed by atoms with E-state index in [2.05, 4.69) is 336 Å². The molecule has 21 rings (SSSR count). The molecule has 422 valence electrons. The first-order valence-electron chi connectivity index (χ1n) is 31.3. The highest BCUT2D eigenvalue weighted by molar-refractivity contribution is 6.18. The predicted octanol–water partition coefficient (Wildman–Crippen LogP) is 21.9. The average molecular weight is 1160 g/mol. The summed E-state index contributed by atoms with van der Waals surface area (Å²) < 4.78 is 14.7.